The lowest BCUT2D eigenvalue weighted by molar-refractivity contribution is 0.780. The summed E-state index contributed by atoms with van der Waals surface area (Å²) < 4.78 is 0. The Bertz CT molecular complexity index is 310. The standard InChI is InChI=1S/C6H9N3O2/c1-2-3-4-7-5(10)9-6(11)8-4/h2-3H2,1H3,(H2,7,8,9,10,11). The van der Waals surface area contributed by atoms with Gasteiger partial charge in [-0.25, -0.2) is 9.59 Å². The lowest BCUT2D eigenvalue weighted by Gasteiger charge is -1.92. The van der Waals surface area contributed by atoms with Crippen LogP contribution in [0.1, 0.15) is 19.2 Å². The predicted octanol–water partition coefficient (Wildman–Crippen LogP) is -0.589. The van der Waals surface area contributed by atoms with Gasteiger partial charge in [-0.15, -0.1) is 0 Å². The highest BCUT2D eigenvalue weighted by Gasteiger charge is 1.94. The van der Waals surface area contributed by atoms with E-state index >= 15 is 0 Å². The zero-order valence-electron chi connectivity index (χ0n) is 6.18. The summed E-state index contributed by atoms with van der Waals surface area (Å²) in [4.78, 5) is 29.2. The molecular formula is C6H9N3O2. The highest BCUT2D eigenvalue weighted by atomic mass is 16.2. The fourth-order valence-electron chi connectivity index (χ4n) is 0.793. The van der Waals surface area contributed by atoms with Gasteiger partial charge in [0.2, 0.25) is 0 Å². The number of rotatable bonds is 2. The van der Waals surface area contributed by atoms with Gasteiger partial charge >= 0.3 is 11.4 Å². The van der Waals surface area contributed by atoms with Crippen LogP contribution in [-0.4, -0.2) is 15.0 Å². The van der Waals surface area contributed by atoms with E-state index in [1.807, 2.05) is 11.9 Å². The van der Waals surface area contributed by atoms with Crippen LogP contribution in [0.2, 0.25) is 0 Å². The molecule has 0 aliphatic rings. The summed E-state index contributed by atoms with van der Waals surface area (Å²) in [6, 6.07) is 0. The zero-order chi connectivity index (χ0) is 8.27. The average molecular weight is 155 g/mol. The minimum absolute atomic E-state index is 0.446. The van der Waals surface area contributed by atoms with Crippen LogP contribution in [0.25, 0.3) is 0 Å². The second-order valence-electron chi connectivity index (χ2n) is 2.19. The van der Waals surface area contributed by atoms with E-state index in [1.165, 1.54) is 0 Å². The molecule has 5 heteroatoms. The van der Waals surface area contributed by atoms with E-state index in [-0.39, 0.29) is 0 Å². The molecule has 1 rings (SSSR count). The number of aryl methyl sites for hydroxylation is 1. The van der Waals surface area contributed by atoms with Gasteiger partial charge < -0.3 is 0 Å². The summed E-state index contributed by atoms with van der Waals surface area (Å²) in [5.74, 6) is 0.446. The molecule has 0 bridgehead atoms. The van der Waals surface area contributed by atoms with Crippen LogP contribution < -0.4 is 11.4 Å². The molecule has 1 heterocycles. The van der Waals surface area contributed by atoms with Crippen molar-refractivity contribution < 1.29 is 0 Å². The van der Waals surface area contributed by atoms with E-state index in [9.17, 15) is 9.59 Å². The molecule has 0 saturated carbocycles. The third-order valence-electron chi connectivity index (χ3n) is 1.20. The van der Waals surface area contributed by atoms with Gasteiger partial charge in [-0.3, -0.25) is 9.97 Å². The fourth-order valence-corrected chi connectivity index (χ4v) is 0.793. The Balaban J connectivity index is 3.09. The predicted molar refractivity (Wildman–Crippen MR) is 39.5 cm³/mol. The van der Waals surface area contributed by atoms with E-state index in [0.29, 0.717) is 12.2 Å². The van der Waals surface area contributed by atoms with Crippen molar-refractivity contribution in [3.05, 3.63) is 26.8 Å². The summed E-state index contributed by atoms with van der Waals surface area (Å²) in [6.07, 6.45) is 1.48. The minimum Gasteiger partial charge on any atom is -0.295 e. The molecule has 1 aromatic heterocycles. The van der Waals surface area contributed by atoms with Crippen LogP contribution in [0, 0.1) is 0 Å². The largest absolute Gasteiger partial charge is 0.350 e. The van der Waals surface area contributed by atoms with Gasteiger partial charge in [-0.2, -0.15) is 4.98 Å². The quantitative estimate of drug-likeness (QED) is 0.599. The average Bonchev–Trinajstić information content (AvgIpc) is 1.85. The summed E-state index contributed by atoms with van der Waals surface area (Å²) >= 11 is 0. The molecule has 0 fully saturated rings. The van der Waals surface area contributed by atoms with Crippen LogP contribution >= 0.6 is 0 Å². The molecule has 2 N–H and O–H groups in total. The van der Waals surface area contributed by atoms with Crippen molar-refractivity contribution >= 4 is 0 Å². The SMILES string of the molecule is CCCc1nc(=O)[nH]c(=O)[nH]1. The Labute approximate surface area is 62.5 Å². The van der Waals surface area contributed by atoms with E-state index in [2.05, 4.69) is 9.97 Å². The minimum atomic E-state index is -0.586. The molecule has 0 aromatic carbocycles. The summed E-state index contributed by atoms with van der Waals surface area (Å²) in [5.41, 5.74) is -1.08. The molecule has 0 saturated heterocycles. The number of nitrogens with one attached hydrogen (secondary N) is 2. The van der Waals surface area contributed by atoms with Crippen LogP contribution in [0.15, 0.2) is 9.59 Å². The Kier molecular flexibility index (Phi) is 2.20. The maximum atomic E-state index is 10.6. The van der Waals surface area contributed by atoms with Gasteiger partial charge in [0.25, 0.3) is 0 Å². The fraction of sp³-hybridized carbons (Fsp3) is 0.500. The maximum absolute atomic E-state index is 10.6. The first-order chi connectivity index (χ1) is 5.22. The zero-order valence-corrected chi connectivity index (χ0v) is 6.18. The van der Waals surface area contributed by atoms with Crippen molar-refractivity contribution in [1.29, 1.82) is 0 Å². The lowest BCUT2D eigenvalue weighted by Crippen LogP contribution is -2.26. The van der Waals surface area contributed by atoms with Gasteiger partial charge in [0.15, 0.2) is 0 Å². The molecule has 0 radical (unpaired) electrons. The number of hydrogen-bond acceptors (Lipinski definition) is 3. The van der Waals surface area contributed by atoms with Crippen molar-refractivity contribution in [2.24, 2.45) is 0 Å². The number of aromatic nitrogens is 3. The molecule has 11 heavy (non-hydrogen) atoms. The van der Waals surface area contributed by atoms with E-state index in [1.54, 1.807) is 0 Å². The monoisotopic (exact) mass is 155 g/mol. The summed E-state index contributed by atoms with van der Waals surface area (Å²) in [6.45, 7) is 1.95. The molecule has 0 aliphatic heterocycles. The van der Waals surface area contributed by atoms with Gasteiger partial charge in [0.1, 0.15) is 5.82 Å². The second kappa shape index (κ2) is 3.14. The first kappa shape index (κ1) is 7.71. The van der Waals surface area contributed by atoms with Gasteiger partial charge in [-0.1, -0.05) is 6.92 Å². The Morgan fingerprint density at radius 3 is 2.64 bits per heavy atom. The molecule has 5 nitrogen and oxygen atoms in total. The van der Waals surface area contributed by atoms with E-state index in [4.69, 9.17) is 0 Å². The highest BCUT2D eigenvalue weighted by Crippen LogP contribution is 1.86. The summed E-state index contributed by atoms with van der Waals surface area (Å²) in [5, 5.41) is 0. The van der Waals surface area contributed by atoms with Gasteiger partial charge in [0, 0.05) is 6.42 Å². The molecule has 0 aliphatic carbocycles. The normalized spacial score (nSPS) is 9.91. The number of nitrogens with zero attached hydrogens (tertiary/aromatic N) is 1. The molecule has 1 aromatic rings. The first-order valence-electron chi connectivity index (χ1n) is 3.42. The molecular weight excluding hydrogens is 146 g/mol. The Hall–Kier alpha value is -1.39. The Morgan fingerprint density at radius 2 is 2.09 bits per heavy atom. The second-order valence-corrected chi connectivity index (χ2v) is 2.19. The Morgan fingerprint density at radius 1 is 1.36 bits per heavy atom. The van der Waals surface area contributed by atoms with Crippen molar-refractivity contribution in [2.45, 2.75) is 19.8 Å². The smallest absolute Gasteiger partial charge is 0.295 e. The third kappa shape index (κ3) is 2.03. The van der Waals surface area contributed by atoms with Crippen LogP contribution in [0.3, 0.4) is 0 Å². The van der Waals surface area contributed by atoms with Crippen LogP contribution in [0.5, 0.6) is 0 Å². The maximum Gasteiger partial charge on any atom is 0.350 e. The number of H-pyrrole nitrogens is 2. The van der Waals surface area contributed by atoms with Crippen molar-refractivity contribution in [3.63, 3.8) is 0 Å². The van der Waals surface area contributed by atoms with Crippen LogP contribution in [0.4, 0.5) is 0 Å². The van der Waals surface area contributed by atoms with Crippen molar-refractivity contribution in [2.75, 3.05) is 0 Å². The molecule has 0 spiro atoms. The molecule has 0 atom stereocenters. The number of aromatic amines is 2. The van der Waals surface area contributed by atoms with E-state index in [0.717, 1.165) is 6.42 Å². The van der Waals surface area contributed by atoms with Crippen molar-refractivity contribution in [1.82, 2.24) is 15.0 Å². The van der Waals surface area contributed by atoms with Crippen LogP contribution in [-0.2, 0) is 6.42 Å². The first-order valence-corrected chi connectivity index (χ1v) is 3.42. The lowest BCUT2D eigenvalue weighted by atomic mass is 10.3. The third-order valence-corrected chi connectivity index (χ3v) is 1.20. The summed E-state index contributed by atoms with van der Waals surface area (Å²) in [7, 11) is 0. The number of hydrogen-bond donors (Lipinski definition) is 2. The van der Waals surface area contributed by atoms with E-state index < -0.39 is 11.4 Å². The van der Waals surface area contributed by atoms with Gasteiger partial charge in [0.05, 0.1) is 0 Å². The molecule has 60 valence electrons. The topological polar surface area (TPSA) is 78.6 Å². The van der Waals surface area contributed by atoms with Crippen molar-refractivity contribution in [3.8, 4) is 0 Å². The van der Waals surface area contributed by atoms with Gasteiger partial charge in [-0.05, 0) is 6.42 Å². The molecule has 0 unspecified atom stereocenters. The molecule has 0 amide bonds. The highest BCUT2D eigenvalue weighted by molar-refractivity contribution is 4.81.